The van der Waals surface area contributed by atoms with E-state index in [2.05, 4.69) is 0 Å². The third-order valence-electron chi connectivity index (χ3n) is 3.42. The molecule has 1 aromatic carbocycles. The summed E-state index contributed by atoms with van der Waals surface area (Å²) in [7, 11) is 0. The first-order chi connectivity index (χ1) is 9.09. The smallest absolute Gasteiger partial charge is 0.320 e. The quantitative estimate of drug-likeness (QED) is 0.754. The standard InChI is InChI=1S/C14H13NO4/c1-7-8-2-4-19-13(8)10(6-11(15)14(16)17)9-3-5-18-12(7)9/h2-5,11H,6,15H2,1H3,(H,16,17). The number of fused-ring (bicyclic) bond motifs is 2. The van der Waals surface area contributed by atoms with E-state index in [0.29, 0.717) is 5.58 Å². The van der Waals surface area contributed by atoms with Crippen molar-refractivity contribution >= 4 is 27.9 Å². The number of aliphatic carboxylic acids is 1. The van der Waals surface area contributed by atoms with Crippen molar-refractivity contribution in [2.45, 2.75) is 19.4 Å². The Morgan fingerprint density at radius 1 is 1.26 bits per heavy atom. The Balaban J connectivity index is 2.29. The largest absolute Gasteiger partial charge is 0.480 e. The average molecular weight is 259 g/mol. The van der Waals surface area contributed by atoms with Crippen molar-refractivity contribution in [1.29, 1.82) is 0 Å². The molecule has 0 bridgehead atoms. The number of rotatable bonds is 3. The van der Waals surface area contributed by atoms with Crippen molar-refractivity contribution in [2.75, 3.05) is 0 Å². The van der Waals surface area contributed by atoms with E-state index in [9.17, 15) is 4.79 Å². The van der Waals surface area contributed by atoms with Gasteiger partial charge >= 0.3 is 5.97 Å². The fourth-order valence-corrected chi connectivity index (χ4v) is 2.43. The van der Waals surface area contributed by atoms with Gasteiger partial charge < -0.3 is 19.7 Å². The highest BCUT2D eigenvalue weighted by molar-refractivity contribution is 6.01. The Labute approximate surface area is 108 Å². The molecule has 2 heterocycles. The molecule has 0 amide bonds. The van der Waals surface area contributed by atoms with E-state index in [-0.39, 0.29) is 6.42 Å². The first-order valence-corrected chi connectivity index (χ1v) is 5.94. The molecule has 1 atom stereocenters. The first kappa shape index (κ1) is 11.8. The fourth-order valence-electron chi connectivity index (χ4n) is 2.43. The number of benzene rings is 1. The molecule has 0 spiro atoms. The summed E-state index contributed by atoms with van der Waals surface area (Å²) in [6, 6.07) is 2.70. The van der Waals surface area contributed by atoms with Crippen LogP contribution in [0.5, 0.6) is 0 Å². The molecular weight excluding hydrogens is 246 g/mol. The molecule has 3 N–H and O–H groups in total. The van der Waals surface area contributed by atoms with Crippen LogP contribution < -0.4 is 5.73 Å². The Morgan fingerprint density at radius 2 is 1.89 bits per heavy atom. The lowest BCUT2D eigenvalue weighted by Gasteiger charge is -2.09. The zero-order chi connectivity index (χ0) is 13.6. The molecule has 1 unspecified atom stereocenters. The summed E-state index contributed by atoms with van der Waals surface area (Å²) < 4.78 is 11.0. The Hall–Kier alpha value is -2.27. The molecule has 0 fully saturated rings. The van der Waals surface area contributed by atoms with E-state index in [1.165, 1.54) is 0 Å². The number of carbonyl (C=O) groups is 1. The molecule has 3 rings (SSSR count). The highest BCUT2D eigenvalue weighted by atomic mass is 16.4. The summed E-state index contributed by atoms with van der Waals surface area (Å²) in [4.78, 5) is 10.9. The Bertz CT molecular complexity index is 717. The molecule has 0 saturated heterocycles. The van der Waals surface area contributed by atoms with Crippen LogP contribution in [-0.2, 0) is 11.2 Å². The summed E-state index contributed by atoms with van der Waals surface area (Å²) in [5, 5.41) is 10.7. The lowest BCUT2D eigenvalue weighted by molar-refractivity contribution is -0.138. The van der Waals surface area contributed by atoms with E-state index >= 15 is 0 Å². The van der Waals surface area contributed by atoms with Crippen LogP contribution in [0.25, 0.3) is 21.9 Å². The number of carboxylic acids is 1. The van der Waals surface area contributed by atoms with Gasteiger partial charge in [0, 0.05) is 28.3 Å². The maximum atomic E-state index is 10.9. The lowest BCUT2D eigenvalue weighted by atomic mass is 9.97. The second-order valence-corrected chi connectivity index (χ2v) is 4.58. The summed E-state index contributed by atoms with van der Waals surface area (Å²) in [5.41, 5.74) is 8.83. The van der Waals surface area contributed by atoms with Crippen LogP contribution in [0.15, 0.2) is 33.5 Å². The van der Waals surface area contributed by atoms with Crippen LogP contribution in [0.1, 0.15) is 11.1 Å². The zero-order valence-corrected chi connectivity index (χ0v) is 10.3. The third kappa shape index (κ3) is 1.70. The fraction of sp³-hybridized carbons (Fsp3) is 0.214. The van der Waals surface area contributed by atoms with Crippen LogP contribution in [0.3, 0.4) is 0 Å². The van der Waals surface area contributed by atoms with Gasteiger partial charge in [-0.05, 0) is 19.1 Å². The maximum Gasteiger partial charge on any atom is 0.320 e. The predicted octanol–water partition coefficient (Wildman–Crippen LogP) is 2.44. The summed E-state index contributed by atoms with van der Waals surface area (Å²) in [6.07, 6.45) is 3.38. The molecular formula is C14H13NO4. The van der Waals surface area contributed by atoms with E-state index in [4.69, 9.17) is 19.7 Å². The minimum Gasteiger partial charge on any atom is -0.480 e. The second kappa shape index (κ2) is 4.13. The number of furan rings is 2. The van der Waals surface area contributed by atoms with Gasteiger partial charge in [-0.15, -0.1) is 0 Å². The SMILES string of the molecule is Cc1c2ccoc2c(CC(N)C(=O)O)c2ccoc12. The van der Waals surface area contributed by atoms with E-state index in [1.807, 2.05) is 19.1 Å². The number of aryl methyl sites for hydroxylation is 1. The van der Waals surface area contributed by atoms with E-state index < -0.39 is 12.0 Å². The van der Waals surface area contributed by atoms with Gasteiger partial charge in [0.1, 0.15) is 17.2 Å². The Morgan fingerprint density at radius 3 is 2.58 bits per heavy atom. The number of carboxylic acid groups (broad SMARTS) is 1. The normalized spacial score (nSPS) is 13.2. The van der Waals surface area contributed by atoms with Gasteiger partial charge in [0.05, 0.1) is 12.5 Å². The summed E-state index contributed by atoms with van der Waals surface area (Å²) >= 11 is 0. The number of hydrogen-bond donors (Lipinski definition) is 2. The zero-order valence-electron chi connectivity index (χ0n) is 10.3. The van der Waals surface area contributed by atoms with Gasteiger partial charge in [-0.2, -0.15) is 0 Å². The number of hydrogen-bond acceptors (Lipinski definition) is 4. The van der Waals surface area contributed by atoms with Crippen LogP contribution >= 0.6 is 0 Å². The van der Waals surface area contributed by atoms with Crippen molar-refractivity contribution in [1.82, 2.24) is 0 Å². The van der Waals surface area contributed by atoms with Gasteiger partial charge in [-0.3, -0.25) is 4.79 Å². The van der Waals surface area contributed by atoms with Crippen molar-refractivity contribution in [2.24, 2.45) is 5.73 Å². The predicted molar refractivity (Wildman–Crippen MR) is 70.0 cm³/mol. The van der Waals surface area contributed by atoms with Gasteiger partial charge in [-0.1, -0.05) is 0 Å². The van der Waals surface area contributed by atoms with Crippen molar-refractivity contribution in [3.05, 3.63) is 35.8 Å². The molecule has 19 heavy (non-hydrogen) atoms. The molecule has 0 aliphatic carbocycles. The lowest BCUT2D eigenvalue weighted by Crippen LogP contribution is -2.32. The molecule has 0 saturated carbocycles. The highest BCUT2D eigenvalue weighted by Gasteiger charge is 2.20. The van der Waals surface area contributed by atoms with E-state index in [0.717, 1.165) is 27.5 Å². The van der Waals surface area contributed by atoms with Gasteiger partial charge in [-0.25, -0.2) is 0 Å². The minimum absolute atomic E-state index is 0.204. The second-order valence-electron chi connectivity index (χ2n) is 4.58. The molecule has 0 radical (unpaired) electrons. The van der Waals surface area contributed by atoms with Gasteiger partial charge in [0.25, 0.3) is 0 Å². The van der Waals surface area contributed by atoms with Crippen molar-refractivity contribution < 1.29 is 18.7 Å². The molecule has 5 heteroatoms. The summed E-state index contributed by atoms with van der Waals surface area (Å²) in [5.74, 6) is -1.03. The Kier molecular flexibility index (Phi) is 2.57. The van der Waals surface area contributed by atoms with Gasteiger partial charge in [0.15, 0.2) is 0 Å². The van der Waals surface area contributed by atoms with Crippen LogP contribution in [0.4, 0.5) is 0 Å². The molecule has 0 aliphatic heterocycles. The maximum absolute atomic E-state index is 10.9. The average Bonchev–Trinajstić information content (AvgIpc) is 3.02. The minimum atomic E-state index is -1.03. The molecule has 0 aliphatic rings. The topological polar surface area (TPSA) is 89.6 Å². The summed E-state index contributed by atoms with van der Waals surface area (Å²) in [6.45, 7) is 1.95. The molecule has 98 valence electrons. The van der Waals surface area contributed by atoms with Crippen LogP contribution in [-0.4, -0.2) is 17.1 Å². The molecule has 5 nitrogen and oxygen atoms in total. The van der Waals surface area contributed by atoms with Crippen LogP contribution in [0, 0.1) is 6.92 Å². The molecule has 2 aromatic heterocycles. The van der Waals surface area contributed by atoms with Gasteiger partial charge in [0.2, 0.25) is 0 Å². The van der Waals surface area contributed by atoms with E-state index in [1.54, 1.807) is 12.5 Å². The monoisotopic (exact) mass is 259 g/mol. The first-order valence-electron chi connectivity index (χ1n) is 5.94. The van der Waals surface area contributed by atoms with Crippen molar-refractivity contribution in [3.63, 3.8) is 0 Å². The van der Waals surface area contributed by atoms with Crippen molar-refractivity contribution in [3.8, 4) is 0 Å². The number of nitrogens with two attached hydrogens (primary N) is 1. The van der Waals surface area contributed by atoms with Crippen LogP contribution in [0.2, 0.25) is 0 Å². The highest BCUT2D eigenvalue weighted by Crippen LogP contribution is 2.34. The molecule has 3 aromatic rings. The third-order valence-corrected chi connectivity index (χ3v) is 3.42.